The van der Waals surface area contributed by atoms with E-state index < -0.39 is 11.9 Å². The molecule has 0 saturated carbocycles. The monoisotopic (exact) mass is 500 g/mol. The lowest BCUT2D eigenvalue weighted by atomic mass is 9.85. The zero-order valence-corrected chi connectivity index (χ0v) is 19.6. The molecule has 4 aromatic rings. The predicted octanol–water partition coefficient (Wildman–Crippen LogP) is 5.51. The van der Waals surface area contributed by atoms with Crippen LogP contribution in [0.25, 0.3) is 17.0 Å². The Hall–Kier alpha value is -4.36. The molecule has 0 N–H and O–H groups in total. The summed E-state index contributed by atoms with van der Waals surface area (Å²) in [7, 11) is 1.54. The Labute approximate surface area is 209 Å². The van der Waals surface area contributed by atoms with Crippen molar-refractivity contribution in [3.8, 4) is 17.2 Å². The Bertz CT molecular complexity index is 1680. The van der Waals surface area contributed by atoms with Crippen LogP contribution < -0.4 is 19.6 Å². The van der Waals surface area contributed by atoms with Crippen LogP contribution in [0, 0.1) is 0 Å². The van der Waals surface area contributed by atoms with Gasteiger partial charge in [-0.2, -0.15) is 0 Å². The second kappa shape index (κ2) is 8.39. The van der Waals surface area contributed by atoms with Crippen molar-refractivity contribution in [3.63, 3.8) is 0 Å². The fraction of sp³-hybridized carbons (Fsp3) is 0.107. The van der Waals surface area contributed by atoms with Crippen LogP contribution in [0.3, 0.4) is 0 Å². The number of benzene rings is 3. The van der Waals surface area contributed by atoms with E-state index in [0.717, 1.165) is 0 Å². The minimum atomic E-state index is -0.741. The highest BCUT2D eigenvalue weighted by Gasteiger charge is 2.39. The summed E-state index contributed by atoms with van der Waals surface area (Å²) >= 11 is 6.10. The van der Waals surface area contributed by atoms with Crippen molar-refractivity contribution < 1.29 is 28.2 Å². The number of ether oxygens (including phenoxy) is 3. The summed E-state index contributed by atoms with van der Waals surface area (Å²) in [5, 5.41) is 0.679. The zero-order chi connectivity index (χ0) is 25.0. The van der Waals surface area contributed by atoms with Gasteiger partial charge in [-0.25, -0.2) is 0 Å². The highest BCUT2D eigenvalue weighted by Crippen LogP contribution is 2.48. The molecule has 7 nitrogen and oxygen atoms in total. The summed E-state index contributed by atoms with van der Waals surface area (Å²) in [6.07, 6.45) is 2.82. The Kier molecular flexibility index (Phi) is 5.16. The molecule has 0 radical (unpaired) electrons. The fourth-order valence-electron chi connectivity index (χ4n) is 4.66. The lowest BCUT2D eigenvalue weighted by Gasteiger charge is -2.25. The third-order valence-corrected chi connectivity index (χ3v) is 6.58. The highest BCUT2D eigenvalue weighted by atomic mass is 35.5. The molecule has 36 heavy (non-hydrogen) atoms. The number of Topliss-reactive ketones (excluding diaryl/α,β-unsaturated/α-hetero) is 1. The molecular formula is C28H17ClO7. The number of para-hydroxylation sites is 1. The molecule has 0 aliphatic carbocycles. The van der Waals surface area contributed by atoms with E-state index in [4.69, 9.17) is 30.2 Å². The van der Waals surface area contributed by atoms with Crippen molar-refractivity contribution in [3.05, 3.63) is 104 Å². The number of allylic oxidation sites excluding steroid dienone is 1. The van der Waals surface area contributed by atoms with Gasteiger partial charge >= 0.3 is 5.97 Å². The number of fused-ring (bicyclic) bond motifs is 4. The number of halogens is 1. The largest absolute Gasteiger partial charge is 0.496 e. The average molecular weight is 501 g/mol. The maximum Gasteiger partial charge on any atom is 0.312 e. The number of esters is 1. The number of hydrogen-bond donors (Lipinski definition) is 0. The molecule has 2 aliphatic heterocycles. The molecule has 0 fully saturated rings. The van der Waals surface area contributed by atoms with Crippen molar-refractivity contribution in [2.75, 3.05) is 7.11 Å². The SMILES string of the molecule is COc1ccccc1C=C1Oc2c(ccc3c2C(c2coc4ccc(Cl)cc4c2=O)CC(=O)O3)C1=O. The lowest BCUT2D eigenvalue weighted by Crippen LogP contribution is -2.25. The number of methoxy groups -OCH3 is 1. The minimum absolute atomic E-state index is 0.0934. The number of hydrogen-bond acceptors (Lipinski definition) is 7. The Morgan fingerprint density at radius 3 is 2.69 bits per heavy atom. The molecule has 1 aromatic heterocycles. The first-order chi connectivity index (χ1) is 17.4. The van der Waals surface area contributed by atoms with E-state index in [1.165, 1.54) is 12.3 Å². The topological polar surface area (TPSA) is 92.0 Å². The molecule has 0 saturated heterocycles. The number of ketones is 1. The van der Waals surface area contributed by atoms with Crippen molar-refractivity contribution >= 4 is 40.4 Å². The van der Waals surface area contributed by atoms with E-state index in [1.54, 1.807) is 49.6 Å². The van der Waals surface area contributed by atoms with Crippen LogP contribution in [0.2, 0.25) is 5.02 Å². The van der Waals surface area contributed by atoms with Crippen LogP contribution >= 0.6 is 11.6 Å². The number of carbonyl (C=O) groups excluding carboxylic acids is 2. The summed E-state index contributed by atoms with van der Waals surface area (Å²) in [5.74, 6) is -0.420. The maximum atomic E-state index is 13.4. The highest BCUT2D eigenvalue weighted by molar-refractivity contribution is 6.31. The van der Waals surface area contributed by atoms with E-state index in [0.29, 0.717) is 38.4 Å². The van der Waals surface area contributed by atoms with Crippen LogP contribution in [-0.4, -0.2) is 18.9 Å². The molecule has 8 heteroatoms. The molecule has 2 aliphatic rings. The van der Waals surface area contributed by atoms with Crippen LogP contribution in [-0.2, 0) is 4.79 Å². The van der Waals surface area contributed by atoms with Crippen molar-refractivity contribution in [2.45, 2.75) is 12.3 Å². The summed E-state index contributed by atoms with van der Waals surface area (Å²) in [4.78, 5) is 39.1. The van der Waals surface area contributed by atoms with Gasteiger partial charge in [-0.3, -0.25) is 14.4 Å². The number of carbonyl (C=O) groups is 2. The fourth-order valence-corrected chi connectivity index (χ4v) is 4.83. The van der Waals surface area contributed by atoms with Gasteiger partial charge in [0.1, 0.15) is 22.8 Å². The van der Waals surface area contributed by atoms with E-state index in [-0.39, 0.29) is 40.5 Å². The molecule has 178 valence electrons. The van der Waals surface area contributed by atoms with E-state index >= 15 is 0 Å². The van der Waals surface area contributed by atoms with Gasteiger partial charge in [0.05, 0.1) is 30.7 Å². The van der Waals surface area contributed by atoms with Gasteiger partial charge in [-0.15, -0.1) is 0 Å². The Balaban J connectivity index is 1.51. The smallest absolute Gasteiger partial charge is 0.312 e. The molecule has 6 rings (SSSR count). The van der Waals surface area contributed by atoms with Gasteiger partial charge in [-0.1, -0.05) is 29.8 Å². The third kappa shape index (κ3) is 3.48. The first-order valence-electron chi connectivity index (χ1n) is 11.1. The standard InChI is InChI=1S/C28H17ClO7/c1-33-20-5-3-2-4-14(20)10-23-27(32)16-7-9-22-25(28(16)36-23)17(12-24(30)35-22)19-13-34-21-8-6-15(29)11-18(21)26(19)31/h2-11,13,17H,12H2,1H3. The molecule has 0 bridgehead atoms. The third-order valence-electron chi connectivity index (χ3n) is 6.34. The second-order valence-corrected chi connectivity index (χ2v) is 8.86. The minimum Gasteiger partial charge on any atom is -0.496 e. The molecule has 1 unspecified atom stereocenters. The molecule has 1 atom stereocenters. The van der Waals surface area contributed by atoms with Gasteiger partial charge in [0.25, 0.3) is 0 Å². The summed E-state index contributed by atoms with van der Waals surface area (Å²) < 4.78 is 22.6. The van der Waals surface area contributed by atoms with Gasteiger partial charge in [0, 0.05) is 27.6 Å². The lowest BCUT2D eigenvalue weighted by molar-refractivity contribution is -0.135. The van der Waals surface area contributed by atoms with Crippen LogP contribution in [0.1, 0.15) is 39.4 Å². The van der Waals surface area contributed by atoms with Crippen molar-refractivity contribution in [1.82, 2.24) is 0 Å². The van der Waals surface area contributed by atoms with Crippen LogP contribution in [0.15, 0.2) is 75.8 Å². The Morgan fingerprint density at radius 2 is 1.86 bits per heavy atom. The number of rotatable bonds is 3. The molecule has 3 heterocycles. The second-order valence-electron chi connectivity index (χ2n) is 8.43. The van der Waals surface area contributed by atoms with Crippen LogP contribution in [0.4, 0.5) is 0 Å². The summed E-state index contributed by atoms with van der Waals surface area (Å²) in [6.45, 7) is 0. The molecule has 0 amide bonds. The average Bonchev–Trinajstić information content (AvgIpc) is 3.19. The first-order valence-corrected chi connectivity index (χ1v) is 11.5. The molecular weight excluding hydrogens is 484 g/mol. The van der Waals surface area contributed by atoms with Crippen LogP contribution in [0.5, 0.6) is 17.2 Å². The summed E-state index contributed by atoms with van der Waals surface area (Å²) in [5.41, 5.74) is 1.72. The van der Waals surface area contributed by atoms with Gasteiger partial charge in [0.15, 0.2) is 11.2 Å². The van der Waals surface area contributed by atoms with E-state index in [1.807, 2.05) is 12.1 Å². The van der Waals surface area contributed by atoms with Gasteiger partial charge in [-0.05, 0) is 42.5 Å². The summed E-state index contributed by atoms with van der Waals surface area (Å²) in [6, 6.07) is 15.1. The maximum absolute atomic E-state index is 13.4. The Morgan fingerprint density at radius 1 is 1.03 bits per heavy atom. The molecule has 3 aromatic carbocycles. The normalized spacial score (nSPS) is 17.5. The van der Waals surface area contributed by atoms with Crippen molar-refractivity contribution in [2.24, 2.45) is 0 Å². The molecule has 0 spiro atoms. The van der Waals surface area contributed by atoms with E-state index in [2.05, 4.69) is 0 Å². The predicted molar refractivity (Wildman–Crippen MR) is 132 cm³/mol. The van der Waals surface area contributed by atoms with E-state index in [9.17, 15) is 14.4 Å². The van der Waals surface area contributed by atoms with Crippen molar-refractivity contribution in [1.29, 1.82) is 0 Å². The zero-order valence-electron chi connectivity index (χ0n) is 18.9. The first kappa shape index (κ1) is 22.1. The van der Waals surface area contributed by atoms with Gasteiger partial charge < -0.3 is 18.6 Å². The quantitative estimate of drug-likeness (QED) is 0.208. The van der Waals surface area contributed by atoms with Gasteiger partial charge in [0.2, 0.25) is 5.78 Å².